The second-order valence-corrected chi connectivity index (χ2v) is 5.31. The summed E-state index contributed by atoms with van der Waals surface area (Å²) in [6.07, 6.45) is 6.94. The normalized spacial score (nSPS) is 20.7. The second-order valence-electron chi connectivity index (χ2n) is 4.94. The summed E-state index contributed by atoms with van der Waals surface area (Å²) in [5, 5.41) is 3.06. The molecule has 1 N–H and O–H groups in total. The quantitative estimate of drug-likeness (QED) is 0.668. The minimum absolute atomic E-state index is 0.182. The summed E-state index contributed by atoms with van der Waals surface area (Å²) in [6, 6.07) is 0. The Bertz CT molecular complexity index is 212. The van der Waals surface area contributed by atoms with Crippen molar-refractivity contribution in [2.45, 2.75) is 38.5 Å². The SMILES string of the molecule is O=C(CCCCl)NCC(C1CC1)C1CC1. The van der Waals surface area contributed by atoms with Gasteiger partial charge in [-0.1, -0.05) is 0 Å². The molecule has 2 fully saturated rings. The van der Waals surface area contributed by atoms with Crippen LogP contribution in [-0.4, -0.2) is 18.3 Å². The molecule has 0 aromatic rings. The number of alkyl halides is 1. The molecule has 2 rings (SSSR count). The number of hydrogen-bond donors (Lipinski definition) is 1. The highest BCUT2D eigenvalue weighted by Crippen LogP contribution is 2.48. The van der Waals surface area contributed by atoms with Gasteiger partial charge in [0.1, 0.15) is 0 Å². The molecular formula is C12H20ClNO. The highest BCUT2D eigenvalue weighted by atomic mass is 35.5. The van der Waals surface area contributed by atoms with Crippen LogP contribution >= 0.6 is 11.6 Å². The lowest BCUT2D eigenvalue weighted by molar-refractivity contribution is -0.121. The van der Waals surface area contributed by atoms with Crippen LogP contribution in [0.1, 0.15) is 38.5 Å². The van der Waals surface area contributed by atoms with Gasteiger partial charge < -0.3 is 5.32 Å². The lowest BCUT2D eigenvalue weighted by atomic mass is 9.98. The van der Waals surface area contributed by atoms with Gasteiger partial charge in [0.15, 0.2) is 0 Å². The number of halogens is 1. The molecule has 0 bridgehead atoms. The van der Waals surface area contributed by atoms with E-state index in [0.717, 1.165) is 30.7 Å². The van der Waals surface area contributed by atoms with Gasteiger partial charge in [-0.3, -0.25) is 4.79 Å². The van der Waals surface area contributed by atoms with Crippen molar-refractivity contribution in [1.29, 1.82) is 0 Å². The van der Waals surface area contributed by atoms with Gasteiger partial charge in [-0.05, 0) is 49.9 Å². The van der Waals surface area contributed by atoms with Crippen LogP contribution in [0.25, 0.3) is 0 Å². The fraction of sp³-hybridized carbons (Fsp3) is 0.917. The molecule has 2 saturated carbocycles. The summed E-state index contributed by atoms with van der Waals surface area (Å²) in [5.41, 5.74) is 0. The minimum Gasteiger partial charge on any atom is -0.356 e. The second kappa shape index (κ2) is 5.20. The molecule has 2 aliphatic carbocycles. The molecule has 0 atom stereocenters. The Morgan fingerprint density at radius 1 is 1.27 bits per heavy atom. The van der Waals surface area contributed by atoms with Crippen LogP contribution in [0.2, 0.25) is 0 Å². The molecule has 0 radical (unpaired) electrons. The molecule has 0 aromatic heterocycles. The molecule has 2 nitrogen and oxygen atoms in total. The van der Waals surface area contributed by atoms with Gasteiger partial charge in [-0.2, -0.15) is 0 Å². The molecule has 1 amide bonds. The van der Waals surface area contributed by atoms with E-state index in [9.17, 15) is 4.79 Å². The topological polar surface area (TPSA) is 29.1 Å². The van der Waals surface area contributed by atoms with Crippen LogP contribution in [-0.2, 0) is 4.79 Å². The Hall–Kier alpha value is -0.240. The summed E-state index contributed by atoms with van der Waals surface area (Å²) in [6.45, 7) is 0.913. The fourth-order valence-corrected chi connectivity index (χ4v) is 2.45. The van der Waals surface area contributed by atoms with Gasteiger partial charge in [-0.15, -0.1) is 11.6 Å². The molecule has 15 heavy (non-hydrogen) atoms. The van der Waals surface area contributed by atoms with Crippen LogP contribution in [0, 0.1) is 17.8 Å². The number of hydrogen-bond acceptors (Lipinski definition) is 1. The number of carbonyl (C=O) groups excluding carboxylic acids is 1. The van der Waals surface area contributed by atoms with Gasteiger partial charge in [-0.25, -0.2) is 0 Å². The number of carbonyl (C=O) groups is 1. The lowest BCUT2D eigenvalue weighted by Crippen LogP contribution is -2.31. The Morgan fingerprint density at radius 3 is 2.33 bits per heavy atom. The summed E-state index contributed by atoms with van der Waals surface area (Å²) in [4.78, 5) is 11.4. The average Bonchev–Trinajstić information content (AvgIpc) is 3.05. The van der Waals surface area contributed by atoms with Crippen LogP contribution in [0.5, 0.6) is 0 Å². The van der Waals surface area contributed by atoms with Gasteiger partial charge in [0.05, 0.1) is 0 Å². The van der Waals surface area contributed by atoms with E-state index in [-0.39, 0.29) is 5.91 Å². The molecule has 3 heteroatoms. The Labute approximate surface area is 96.8 Å². The van der Waals surface area contributed by atoms with Crippen molar-refractivity contribution in [1.82, 2.24) is 5.32 Å². The Kier molecular flexibility index (Phi) is 3.90. The Balaban J connectivity index is 1.64. The molecule has 2 aliphatic rings. The fourth-order valence-electron chi connectivity index (χ4n) is 2.31. The van der Waals surface area contributed by atoms with Crippen molar-refractivity contribution in [2.24, 2.45) is 17.8 Å². The van der Waals surface area contributed by atoms with Crippen LogP contribution in [0.3, 0.4) is 0 Å². The standard InChI is InChI=1S/C12H20ClNO/c13-7-1-2-12(15)14-8-11(9-3-4-9)10-5-6-10/h9-11H,1-8H2,(H,14,15). The first-order valence-corrected chi connectivity index (χ1v) is 6.67. The van der Waals surface area contributed by atoms with E-state index in [1.807, 2.05) is 0 Å². The number of nitrogens with one attached hydrogen (secondary N) is 1. The zero-order chi connectivity index (χ0) is 10.7. The van der Waals surface area contributed by atoms with Crippen molar-refractivity contribution < 1.29 is 4.79 Å². The molecular weight excluding hydrogens is 210 g/mol. The average molecular weight is 230 g/mol. The van der Waals surface area contributed by atoms with E-state index in [2.05, 4.69) is 5.32 Å². The molecule has 86 valence electrons. The first kappa shape index (κ1) is 11.3. The molecule has 0 saturated heterocycles. The van der Waals surface area contributed by atoms with Crippen LogP contribution in [0.4, 0.5) is 0 Å². The third-order valence-electron chi connectivity index (χ3n) is 3.53. The zero-order valence-corrected chi connectivity index (χ0v) is 9.93. The predicted molar refractivity (Wildman–Crippen MR) is 61.9 cm³/mol. The molecule has 0 heterocycles. The van der Waals surface area contributed by atoms with Gasteiger partial charge in [0, 0.05) is 18.8 Å². The van der Waals surface area contributed by atoms with E-state index >= 15 is 0 Å². The number of rotatable bonds is 7. The third kappa shape index (κ3) is 3.67. The van der Waals surface area contributed by atoms with E-state index in [1.165, 1.54) is 25.7 Å². The lowest BCUT2D eigenvalue weighted by Gasteiger charge is -2.15. The van der Waals surface area contributed by atoms with Crippen LogP contribution < -0.4 is 5.32 Å². The van der Waals surface area contributed by atoms with E-state index < -0.39 is 0 Å². The van der Waals surface area contributed by atoms with Crippen molar-refractivity contribution in [2.75, 3.05) is 12.4 Å². The van der Waals surface area contributed by atoms with Gasteiger partial charge >= 0.3 is 0 Å². The maximum atomic E-state index is 11.4. The predicted octanol–water partition coefficient (Wildman–Crippen LogP) is 2.56. The van der Waals surface area contributed by atoms with Gasteiger partial charge in [0.25, 0.3) is 0 Å². The molecule has 0 spiro atoms. The minimum atomic E-state index is 0.182. The molecule has 0 aliphatic heterocycles. The number of amides is 1. The van der Waals surface area contributed by atoms with E-state index in [4.69, 9.17) is 11.6 Å². The summed E-state index contributed by atoms with van der Waals surface area (Å²) in [5.74, 6) is 3.39. The van der Waals surface area contributed by atoms with Crippen molar-refractivity contribution in [3.8, 4) is 0 Å². The monoisotopic (exact) mass is 229 g/mol. The van der Waals surface area contributed by atoms with Crippen molar-refractivity contribution in [3.63, 3.8) is 0 Å². The zero-order valence-electron chi connectivity index (χ0n) is 9.18. The first-order chi connectivity index (χ1) is 7.31. The smallest absolute Gasteiger partial charge is 0.220 e. The highest BCUT2D eigenvalue weighted by molar-refractivity contribution is 6.17. The molecule has 0 aromatic carbocycles. The highest BCUT2D eigenvalue weighted by Gasteiger charge is 2.41. The Morgan fingerprint density at radius 2 is 1.87 bits per heavy atom. The summed E-state index contributed by atoms with van der Waals surface area (Å²) < 4.78 is 0. The summed E-state index contributed by atoms with van der Waals surface area (Å²) in [7, 11) is 0. The maximum absolute atomic E-state index is 11.4. The van der Waals surface area contributed by atoms with E-state index in [1.54, 1.807) is 0 Å². The largest absolute Gasteiger partial charge is 0.356 e. The maximum Gasteiger partial charge on any atom is 0.220 e. The summed E-state index contributed by atoms with van der Waals surface area (Å²) >= 11 is 5.55. The first-order valence-electron chi connectivity index (χ1n) is 6.14. The third-order valence-corrected chi connectivity index (χ3v) is 3.79. The molecule has 0 unspecified atom stereocenters. The van der Waals surface area contributed by atoms with Gasteiger partial charge in [0.2, 0.25) is 5.91 Å². The van der Waals surface area contributed by atoms with E-state index in [0.29, 0.717) is 12.3 Å². The van der Waals surface area contributed by atoms with Crippen LogP contribution in [0.15, 0.2) is 0 Å². The van der Waals surface area contributed by atoms with Crippen molar-refractivity contribution >= 4 is 17.5 Å². The van der Waals surface area contributed by atoms with Crippen molar-refractivity contribution in [3.05, 3.63) is 0 Å².